The maximum atomic E-state index is 11.9. The number of rotatable bonds is 4. The van der Waals surface area contributed by atoms with E-state index in [9.17, 15) is 22.8 Å². The number of carboxylic acids is 1. The van der Waals surface area contributed by atoms with Gasteiger partial charge in [0.2, 0.25) is 5.91 Å². The molecule has 0 radical (unpaired) electrons. The predicted molar refractivity (Wildman–Crippen MR) is 108 cm³/mol. The number of nitrogens with two attached hydrogens (primary N) is 1. The predicted octanol–water partition coefficient (Wildman–Crippen LogP) is 2.06. The standard InChI is InChI=1S/C18H17N5O2.C2HF3O2/c19-17(24)14-3-1-2-11-10-23(22-16(11)14)13-6-4-12(5-7-13)21-18(25)15-8-9-20-15;3-2(4,5)1(6)7/h1-7,10,15,20H,8-9H2,(H2,19,24)(H,21,25);(H,6,7). The zero-order valence-corrected chi connectivity index (χ0v) is 16.4. The van der Waals surface area contributed by atoms with Crippen molar-refractivity contribution in [2.24, 2.45) is 5.73 Å². The van der Waals surface area contributed by atoms with Gasteiger partial charge in [-0.3, -0.25) is 9.59 Å². The van der Waals surface area contributed by atoms with Crippen LogP contribution in [0.4, 0.5) is 18.9 Å². The number of primary amides is 1. The Morgan fingerprint density at radius 1 is 1.16 bits per heavy atom. The molecule has 1 aliphatic rings. The summed E-state index contributed by atoms with van der Waals surface area (Å²) < 4.78 is 33.4. The van der Waals surface area contributed by atoms with Gasteiger partial charge >= 0.3 is 12.1 Å². The van der Waals surface area contributed by atoms with Crippen LogP contribution in [0.25, 0.3) is 16.6 Å². The van der Waals surface area contributed by atoms with Gasteiger partial charge in [0.25, 0.3) is 5.91 Å². The summed E-state index contributed by atoms with van der Waals surface area (Å²) in [4.78, 5) is 32.3. The van der Waals surface area contributed by atoms with Crippen molar-refractivity contribution in [1.29, 1.82) is 0 Å². The van der Waals surface area contributed by atoms with E-state index in [-0.39, 0.29) is 11.9 Å². The zero-order valence-electron chi connectivity index (χ0n) is 16.4. The van der Waals surface area contributed by atoms with Crippen molar-refractivity contribution in [1.82, 2.24) is 15.1 Å². The first-order valence-corrected chi connectivity index (χ1v) is 9.29. The summed E-state index contributed by atoms with van der Waals surface area (Å²) in [6.07, 6.45) is -2.38. The Labute approximate surface area is 179 Å². The summed E-state index contributed by atoms with van der Waals surface area (Å²) in [6, 6.07) is 12.6. The molecule has 1 atom stereocenters. The van der Waals surface area contributed by atoms with E-state index in [2.05, 4.69) is 15.7 Å². The number of benzene rings is 2. The van der Waals surface area contributed by atoms with Gasteiger partial charge in [-0.15, -0.1) is 0 Å². The molecule has 5 N–H and O–H groups in total. The molecule has 0 bridgehead atoms. The molecule has 9 nitrogen and oxygen atoms in total. The van der Waals surface area contributed by atoms with Crippen LogP contribution in [0.5, 0.6) is 0 Å². The maximum absolute atomic E-state index is 11.9. The Kier molecular flexibility index (Phi) is 6.44. The number of alkyl halides is 3. The smallest absolute Gasteiger partial charge is 0.475 e. The lowest BCUT2D eigenvalue weighted by molar-refractivity contribution is -0.192. The minimum absolute atomic E-state index is 0.0186. The number of fused-ring (bicyclic) bond motifs is 1. The van der Waals surface area contributed by atoms with Crippen molar-refractivity contribution in [2.45, 2.75) is 18.6 Å². The molecular formula is C20H18F3N5O4. The lowest BCUT2D eigenvalue weighted by Crippen LogP contribution is -2.50. The number of aromatic nitrogens is 2. The first-order valence-electron chi connectivity index (χ1n) is 9.29. The van der Waals surface area contributed by atoms with Crippen LogP contribution in [0.3, 0.4) is 0 Å². The van der Waals surface area contributed by atoms with Gasteiger partial charge in [0.1, 0.15) is 5.52 Å². The number of nitrogens with one attached hydrogen (secondary N) is 2. The third-order valence-corrected chi connectivity index (χ3v) is 4.58. The van der Waals surface area contributed by atoms with E-state index < -0.39 is 18.1 Å². The molecule has 0 saturated carbocycles. The van der Waals surface area contributed by atoms with Gasteiger partial charge < -0.3 is 21.5 Å². The number of anilines is 1. The Morgan fingerprint density at radius 2 is 1.78 bits per heavy atom. The molecule has 0 aliphatic carbocycles. The first-order chi connectivity index (χ1) is 15.1. The minimum atomic E-state index is -5.08. The second kappa shape index (κ2) is 9.06. The van der Waals surface area contributed by atoms with Crippen LogP contribution >= 0.6 is 0 Å². The fourth-order valence-corrected chi connectivity index (χ4v) is 2.82. The number of amides is 2. The number of hydrogen-bond acceptors (Lipinski definition) is 5. The van der Waals surface area contributed by atoms with Crippen molar-refractivity contribution in [3.05, 3.63) is 54.2 Å². The van der Waals surface area contributed by atoms with Gasteiger partial charge in [0.15, 0.2) is 0 Å². The molecule has 3 aromatic rings. The summed E-state index contributed by atoms with van der Waals surface area (Å²) >= 11 is 0. The fraction of sp³-hybridized carbons (Fsp3) is 0.200. The molecule has 2 heterocycles. The lowest BCUT2D eigenvalue weighted by Gasteiger charge is -2.26. The molecule has 12 heteroatoms. The van der Waals surface area contributed by atoms with Gasteiger partial charge in [0.05, 0.1) is 17.3 Å². The first kappa shape index (κ1) is 22.7. The van der Waals surface area contributed by atoms with Gasteiger partial charge in [-0.05, 0) is 43.3 Å². The van der Waals surface area contributed by atoms with E-state index in [1.807, 2.05) is 36.5 Å². The molecule has 1 aliphatic heterocycles. The number of nitrogens with zero attached hydrogens (tertiary/aromatic N) is 2. The van der Waals surface area contributed by atoms with Crippen LogP contribution in [0.1, 0.15) is 16.8 Å². The summed E-state index contributed by atoms with van der Waals surface area (Å²) in [7, 11) is 0. The highest BCUT2D eigenvalue weighted by molar-refractivity contribution is 6.04. The van der Waals surface area contributed by atoms with Crippen LogP contribution in [-0.2, 0) is 9.59 Å². The second-order valence-electron chi connectivity index (χ2n) is 6.82. The molecule has 2 amide bonds. The third-order valence-electron chi connectivity index (χ3n) is 4.58. The maximum Gasteiger partial charge on any atom is 0.490 e. The third kappa shape index (κ3) is 5.21. The normalized spacial score (nSPS) is 15.3. The number of hydrogen-bond donors (Lipinski definition) is 4. The largest absolute Gasteiger partial charge is 0.490 e. The van der Waals surface area contributed by atoms with Crippen LogP contribution in [-0.4, -0.2) is 51.4 Å². The van der Waals surface area contributed by atoms with Crippen molar-refractivity contribution in [3.8, 4) is 5.69 Å². The Hall–Kier alpha value is -3.93. The molecule has 1 saturated heterocycles. The Bertz CT molecular complexity index is 1150. The van der Waals surface area contributed by atoms with Gasteiger partial charge in [-0.25, -0.2) is 9.48 Å². The molecular weight excluding hydrogens is 431 g/mol. The molecule has 1 unspecified atom stereocenters. The highest BCUT2D eigenvalue weighted by atomic mass is 19.4. The van der Waals surface area contributed by atoms with Crippen LogP contribution in [0, 0.1) is 0 Å². The van der Waals surface area contributed by atoms with Gasteiger partial charge in [-0.1, -0.05) is 12.1 Å². The summed E-state index contributed by atoms with van der Waals surface area (Å²) in [6.45, 7) is 0.886. The molecule has 32 heavy (non-hydrogen) atoms. The van der Waals surface area contributed by atoms with Gasteiger partial charge in [-0.2, -0.15) is 18.3 Å². The highest BCUT2D eigenvalue weighted by Gasteiger charge is 2.38. The van der Waals surface area contributed by atoms with Crippen molar-refractivity contribution < 1.29 is 32.7 Å². The van der Waals surface area contributed by atoms with E-state index in [0.717, 1.165) is 29.7 Å². The van der Waals surface area contributed by atoms with Crippen LogP contribution < -0.4 is 16.4 Å². The van der Waals surface area contributed by atoms with Crippen molar-refractivity contribution >= 4 is 34.4 Å². The lowest BCUT2D eigenvalue weighted by atomic mass is 10.1. The molecule has 0 spiro atoms. The van der Waals surface area contributed by atoms with Crippen LogP contribution in [0.2, 0.25) is 0 Å². The fourth-order valence-electron chi connectivity index (χ4n) is 2.82. The summed E-state index contributed by atoms with van der Waals surface area (Å²) in [5.74, 6) is -3.28. The zero-order chi connectivity index (χ0) is 23.5. The number of aliphatic carboxylic acids is 1. The molecule has 2 aromatic carbocycles. The van der Waals surface area contributed by atoms with Gasteiger partial charge in [0, 0.05) is 17.3 Å². The second-order valence-corrected chi connectivity index (χ2v) is 6.82. The summed E-state index contributed by atoms with van der Waals surface area (Å²) in [5.41, 5.74) is 7.93. The van der Waals surface area contributed by atoms with Crippen LogP contribution in [0.15, 0.2) is 48.7 Å². The number of carboxylic acid groups (broad SMARTS) is 1. The Balaban J connectivity index is 0.000000360. The molecule has 168 valence electrons. The summed E-state index contributed by atoms with van der Waals surface area (Å²) in [5, 5.41) is 18.4. The highest BCUT2D eigenvalue weighted by Crippen LogP contribution is 2.20. The topological polar surface area (TPSA) is 139 Å². The SMILES string of the molecule is NC(=O)c1cccc2cn(-c3ccc(NC(=O)C4CCN4)cc3)nc12.O=C(O)C(F)(F)F. The molecule has 1 fully saturated rings. The van der Waals surface area contributed by atoms with Crippen molar-refractivity contribution in [3.63, 3.8) is 0 Å². The number of carbonyl (C=O) groups excluding carboxylic acids is 2. The Morgan fingerprint density at radius 3 is 2.28 bits per heavy atom. The number of halogens is 3. The molecule has 1 aromatic heterocycles. The minimum Gasteiger partial charge on any atom is -0.475 e. The van der Waals surface area contributed by atoms with E-state index in [0.29, 0.717) is 11.1 Å². The van der Waals surface area contributed by atoms with Crippen molar-refractivity contribution in [2.75, 3.05) is 11.9 Å². The van der Waals surface area contributed by atoms with E-state index in [1.165, 1.54) is 0 Å². The van der Waals surface area contributed by atoms with E-state index >= 15 is 0 Å². The molecule has 4 rings (SSSR count). The number of carbonyl (C=O) groups is 3. The average Bonchev–Trinajstić information content (AvgIpc) is 3.11. The average molecular weight is 449 g/mol. The van der Waals surface area contributed by atoms with E-state index in [4.69, 9.17) is 15.6 Å². The monoisotopic (exact) mass is 449 g/mol. The quantitative estimate of drug-likeness (QED) is 0.481. The van der Waals surface area contributed by atoms with E-state index in [1.54, 1.807) is 16.8 Å².